The fourth-order valence-electron chi connectivity index (χ4n) is 2.16. The smallest absolute Gasteiger partial charge is 0.224 e. The molecular weight excluding hydrogens is 344 g/mol. The first-order valence-electron chi connectivity index (χ1n) is 7.79. The minimum Gasteiger partial charge on any atom is -0.354 e. The standard InChI is InChI=1S/C17H25BrN2O2/c1-3-4-5-11-20(14(2)21)12-10-19-17(22)13-15-6-8-16(18)9-7-15/h6-9H,3-5,10-13H2,1-2H3,(H,19,22). The molecule has 0 fully saturated rings. The zero-order valence-corrected chi connectivity index (χ0v) is 15.0. The van der Waals surface area contributed by atoms with E-state index < -0.39 is 0 Å². The third-order valence-corrected chi connectivity index (χ3v) is 3.99. The van der Waals surface area contributed by atoms with Crippen molar-refractivity contribution in [3.63, 3.8) is 0 Å². The van der Waals surface area contributed by atoms with E-state index in [1.807, 2.05) is 24.3 Å². The Kier molecular flexibility index (Phi) is 8.82. The lowest BCUT2D eigenvalue weighted by Gasteiger charge is -2.21. The van der Waals surface area contributed by atoms with Crippen molar-refractivity contribution in [1.82, 2.24) is 10.2 Å². The molecule has 22 heavy (non-hydrogen) atoms. The van der Waals surface area contributed by atoms with Gasteiger partial charge < -0.3 is 10.2 Å². The van der Waals surface area contributed by atoms with Crippen LogP contribution in [0.3, 0.4) is 0 Å². The Labute approximate surface area is 141 Å². The van der Waals surface area contributed by atoms with Gasteiger partial charge in [-0.15, -0.1) is 0 Å². The van der Waals surface area contributed by atoms with Gasteiger partial charge in [-0.05, 0) is 24.1 Å². The fourth-order valence-corrected chi connectivity index (χ4v) is 2.42. The molecule has 0 atom stereocenters. The molecule has 5 heteroatoms. The molecule has 0 heterocycles. The van der Waals surface area contributed by atoms with Gasteiger partial charge in [0.25, 0.3) is 0 Å². The number of carbonyl (C=O) groups is 2. The van der Waals surface area contributed by atoms with Crippen LogP contribution in [0.2, 0.25) is 0 Å². The quantitative estimate of drug-likeness (QED) is 0.680. The van der Waals surface area contributed by atoms with Crippen molar-refractivity contribution >= 4 is 27.7 Å². The van der Waals surface area contributed by atoms with E-state index in [4.69, 9.17) is 0 Å². The Bertz CT molecular complexity index is 474. The lowest BCUT2D eigenvalue weighted by Crippen LogP contribution is -2.38. The molecule has 0 aliphatic heterocycles. The van der Waals surface area contributed by atoms with Crippen LogP contribution in [0.4, 0.5) is 0 Å². The van der Waals surface area contributed by atoms with Gasteiger partial charge in [0.05, 0.1) is 6.42 Å². The highest BCUT2D eigenvalue weighted by molar-refractivity contribution is 9.10. The topological polar surface area (TPSA) is 49.4 Å². The van der Waals surface area contributed by atoms with Gasteiger partial charge in [-0.1, -0.05) is 47.8 Å². The molecule has 0 saturated carbocycles. The molecule has 0 aliphatic carbocycles. The summed E-state index contributed by atoms with van der Waals surface area (Å²) in [5, 5.41) is 2.88. The molecule has 0 bridgehead atoms. The lowest BCUT2D eigenvalue weighted by atomic mass is 10.1. The van der Waals surface area contributed by atoms with E-state index in [-0.39, 0.29) is 11.8 Å². The molecule has 1 aromatic carbocycles. The van der Waals surface area contributed by atoms with E-state index in [0.29, 0.717) is 19.5 Å². The van der Waals surface area contributed by atoms with Crippen molar-refractivity contribution in [2.24, 2.45) is 0 Å². The largest absolute Gasteiger partial charge is 0.354 e. The molecule has 2 amide bonds. The summed E-state index contributed by atoms with van der Waals surface area (Å²) in [6, 6.07) is 7.70. The summed E-state index contributed by atoms with van der Waals surface area (Å²) >= 11 is 3.37. The minimum absolute atomic E-state index is 0.0145. The summed E-state index contributed by atoms with van der Waals surface area (Å²) < 4.78 is 1.00. The van der Waals surface area contributed by atoms with Crippen LogP contribution in [0.5, 0.6) is 0 Å². The van der Waals surface area contributed by atoms with Gasteiger partial charge in [0.1, 0.15) is 0 Å². The van der Waals surface area contributed by atoms with E-state index in [0.717, 1.165) is 35.8 Å². The number of carbonyl (C=O) groups excluding carboxylic acids is 2. The summed E-state index contributed by atoms with van der Waals surface area (Å²) in [5.41, 5.74) is 0.979. The van der Waals surface area contributed by atoms with Crippen molar-refractivity contribution in [3.05, 3.63) is 34.3 Å². The van der Waals surface area contributed by atoms with E-state index >= 15 is 0 Å². The van der Waals surface area contributed by atoms with Crippen LogP contribution >= 0.6 is 15.9 Å². The normalized spacial score (nSPS) is 10.3. The second kappa shape index (κ2) is 10.4. The highest BCUT2D eigenvalue weighted by Gasteiger charge is 2.09. The third kappa shape index (κ3) is 7.59. The monoisotopic (exact) mass is 368 g/mol. The van der Waals surface area contributed by atoms with Crippen molar-refractivity contribution < 1.29 is 9.59 Å². The van der Waals surface area contributed by atoms with Crippen molar-refractivity contribution in [3.8, 4) is 0 Å². The first-order valence-corrected chi connectivity index (χ1v) is 8.59. The number of unbranched alkanes of at least 4 members (excludes halogenated alkanes) is 2. The summed E-state index contributed by atoms with van der Waals surface area (Å²) in [7, 11) is 0. The van der Waals surface area contributed by atoms with Crippen LogP contribution in [-0.4, -0.2) is 36.3 Å². The Morgan fingerprint density at radius 1 is 1.14 bits per heavy atom. The number of benzene rings is 1. The SMILES string of the molecule is CCCCCN(CCNC(=O)Cc1ccc(Br)cc1)C(C)=O. The zero-order chi connectivity index (χ0) is 16.4. The molecule has 0 radical (unpaired) electrons. The number of hydrogen-bond acceptors (Lipinski definition) is 2. The van der Waals surface area contributed by atoms with Crippen molar-refractivity contribution in [2.45, 2.75) is 39.5 Å². The van der Waals surface area contributed by atoms with E-state index in [9.17, 15) is 9.59 Å². The number of amides is 2. The van der Waals surface area contributed by atoms with E-state index in [2.05, 4.69) is 28.2 Å². The number of nitrogens with one attached hydrogen (secondary N) is 1. The molecule has 1 aromatic rings. The maximum absolute atomic E-state index is 11.9. The predicted molar refractivity (Wildman–Crippen MR) is 92.6 cm³/mol. The molecule has 0 spiro atoms. The molecule has 0 aromatic heterocycles. The first-order chi connectivity index (χ1) is 10.5. The van der Waals surface area contributed by atoms with Crippen molar-refractivity contribution in [1.29, 1.82) is 0 Å². The number of rotatable bonds is 9. The van der Waals surface area contributed by atoms with Gasteiger partial charge in [-0.3, -0.25) is 9.59 Å². The molecule has 122 valence electrons. The average Bonchev–Trinajstić information content (AvgIpc) is 2.48. The van der Waals surface area contributed by atoms with Crippen LogP contribution in [-0.2, 0) is 16.0 Å². The Morgan fingerprint density at radius 2 is 1.82 bits per heavy atom. The summed E-state index contributed by atoms with van der Waals surface area (Å²) in [5.74, 6) is 0.0534. The van der Waals surface area contributed by atoms with Crippen LogP contribution < -0.4 is 5.32 Å². The number of hydrogen-bond donors (Lipinski definition) is 1. The highest BCUT2D eigenvalue weighted by atomic mass is 79.9. The maximum atomic E-state index is 11.9. The number of nitrogens with zero attached hydrogens (tertiary/aromatic N) is 1. The summed E-state index contributed by atoms with van der Waals surface area (Å²) in [6.07, 6.45) is 3.64. The zero-order valence-electron chi connectivity index (χ0n) is 13.4. The van der Waals surface area contributed by atoms with Gasteiger partial charge in [0.2, 0.25) is 11.8 Å². The predicted octanol–water partition coefficient (Wildman–Crippen LogP) is 3.15. The average molecular weight is 369 g/mol. The third-order valence-electron chi connectivity index (χ3n) is 3.46. The highest BCUT2D eigenvalue weighted by Crippen LogP contribution is 2.10. The Balaban J connectivity index is 2.30. The Hall–Kier alpha value is -1.36. The van der Waals surface area contributed by atoms with E-state index in [1.54, 1.807) is 11.8 Å². The second-order valence-corrected chi connectivity index (χ2v) is 6.28. The molecular formula is C17H25BrN2O2. The minimum atomic E-state index is -0.0145. The van der Waals surface area contributed by atoms with Crippen molar-refractivity contribution in [2.75, 3.05) is 19.6 Å². The van der Waals surface area contributed by atoms with Gasteiger partial charge in [-0.2, -0.15) is 0 Å². The summed E-state index contributed by atoms with van der Waals surface area (Å²) in [4.78, 5) is 25.2. The lowest BCUT2D eigenvalue weighted by molar-refractivity contribution is -0.129. The number of halogens is 1. The Morgan fingerprint density at radius 3 is 2.41 bits per heavy atom. The molecule has 1 N–H and O–H groups in total. The van der Waals surface area contributed by atoms with Gasteiger partial charge in [0.15, 0.2) is 0 Å². The van der Waals surface area contributed by atoms with Gasteiger partial charge >= 0.3 is 0 Å². The van der Waals surface area contributed by atoms with Crippen LogP contribution in [0.25, 0.3) is 0 Å². The van der Waals surface area contributed by atoms with Crippen LogP contribution in [0.15, 0.2) is 28.7 Å². The first kappa shape index (κ1) is 18.7. The molecule has 0 aliphatic rings. The maximum Gasteiger partial charge on any atom is 0.224 e. The van der Waals surface area contributed by atoms with Gasteiger partial charge in [0, 0.05) is 31.0 Å². The fraction of sp³-hybridized carbons (Fsp3) is 0.529. The molecule has 0 saturated heterocycles. The summed E-state index contributed by atoms with van der Waals surface area (Å²) in [6.45, 7) is 5.56. The van der Waals surface area contributed by atoms with Gasteiger partial charge in [-0.25, -0.2) is 0 Å². The van der Waals surface area contributed by atoms with E-state index in [1.165, 1.54) is 0 Å². The molecule has 1 rings (SSSR count). The van der Waals surface area contributed by atoms with Crippen LogP contribution in [0.1, 0.15) is 38.7 Å². The van der Waals surface area contributed by atoms with Crippen LogP contribution in [0, 0.1) is 0 Å². The molecule has 4 nitrogen and oxygen atoms in total. The second-order valence-electron chi connectivity index (χ2n) is 5.37. The molecule has 0 unspecified atom stereocenters.